The summed E-state index contributed by atoms with van der Waals surface area (Å²) in [7, 11) is 0. The van der Waals surface area contributed by atoms with Crippen LogP contribution in [0.2, 0.25) is 0 Å². The van der Waals surface area contributed by atoms with Gasteiger partial charge in [-0.15, -0.1) is 11.3 Å². The molecule has 12 rings (SSSR count). The van der Waals surface area contributed by atoms with Crippen molar-refractivity contribution in [3.8, 4) is 11.1 Å². The van der Waals surface area contributed by atoms with Crippen LogP contribution < -0.4 is 26.2 Å². The van der Waals surface area contributed by atoms with Crippen molar-refractivity contribution in [3.05, 3.63) is 186 Å². The second kappa shape index (κ2) is 15.6. The average Bonchev–Trinajstić information content (AvgIpc) is 3.90. The number of benzene rings is 7. The summed E-state index contributed by atoms with van der Waals surface area (Å²) in [6.07, 6.45) is 6.34. The summed E-state index contributed by atoms with van der Waals surface area (Å²) in [5, 5.41) is 2.81. The molecule has 3 aliphatic carbocycles. The summed E-state index contributed by atoms with van der Waals surface area (Å²) < 4.78 is 1.43. The summed E-state index contributed by atoms with van der Waals surface area (Å²) in [5.74, 6) is 1.37. The number of para-hydroxylation sites is 2. The molecule has 3 atom stereocenters. The van der Waals surface area contributed by atoms with Gasteiger partial charge in [-0.3, -0.25) is 0 Å². The quantitative estimate of drug-likeness (QED) is 0.153. The first-order valence-electron chi connectivity index (χ1n) is 25.4. The zero-order valence-corrected chi connectivity index (χ0v) is 42.4. The topological polar surface area (TPSA) is 6.48 Å². The molecule has 0 amide bonds. The van der Waals surface area contributed by atoms with Crippen LogP contribution in [0.25, 0.3) is 21.2 Å². The molecule has 4 aliphatic rings. The molecular formula is C64H65BN2S. The minimum Gasteiger partial charge on any atom is -0.311 e. The maximum Gasteiger partial charge on any atom is 0.248 e. The van der Waals surface area contributed by atoms with Gasteiger partial charge in [-0.25, -0.2) is 0 Å². The van der Waals surface area contributed by atoms with Gasteiger partial charge in [0.05, 0.1) is 5.00 Å². The fraction of sp³-hybridized carbons (Fsp3) is 0.312. The summed E-state index contributed by atoms with van der Waals surface area (Å²) in [6.45, 7) is 22.0. The Labute approximate surface area is 410 Å². The first-order chi connectivity index (χ1) is 32.6. The Kier molecular flexibility index (Phi) is 9.96. The number of rotatable bonds is 6. The van der Waals surface area contributed by atoms with E-state index in [4.69, 9.17) is 0 Å². The van der Waals surface area contributed by atoms with E-state index in [1.807, 2.05) is 11.3 Å². The fourth-order valence-electron chi connectivity index (χ4n) is 13.0. The molecule has 0 radical (unpaired) electrons. The highest BCUT2D eigenvalue weighted by molar-refractivity contribution is 7.26. The van der Waals surface area contributed by atoms with Gasteiger partial charge in [-0.1, -0.05) is 159 Å². The van der Waals surface area contributed by atoms with Crippen LogP contribution >= 0.6 is 11.3 Å². The Bertz CT molecular complexity index is 3190. The molecule has 340 valence electrons. The predicted octanol–water partition coefficient (Wildman–Crippen LogP) is 16.2. The zero-order chi connectivity index (χ0) is 46.9. The molecule has 0 N–H and O–H groups in total. The lowest BCUT2D eigenvalue weighted by Gasteiger charge is -2.43. The third-order valence-corrected chi connectivity index (χ3v) is 18.4. The van der Waals surface area contributed by atoms with Crippen LogP contribution in [-0.4, -0.2) is 6.71 Å². The molecule has 68 heavy (non-hydrogen) atoms. The highest BCUT2D eigenvalue weighted by atomic mass is 32.1. The summed E-state index contributed by atoms with van der Waals surface area (Å²) in [4.78, 5) is 5.04. The van der Waals surface area contributed by atoms with E-state index in [1.54, 1.807) is 11.1 Å². The van der Waals surface area contributed by atoms with Crippen LogP contribution in [0.1, 0.15) is 128 Å². The van der Waals surface area contributed by atoms with Crippen LogP contribution in [0, 0.1) is 5.92 Å². The van der Waals surface area contributed by atoms with Crippen molar-refractivity contribution in [1.82, 2.24) is 0 Å². The fourth-order valence-corrected chi connectivity index (χ4v) is 14.4. The van der Waals surface area contributed by atoms with Gasteiger partial charge in [-0.2, -0.15) is 0 Å². The van der Waals surface area contributed by atoms with E-state index in [-0.39, 0.29) is 28.4 Å². The van der Waals surface area contributed by atoms with Crippen molar-refractivity contribution >= 4 is 78.0 Å². The third-order valence-electron chi connectivity index (χ3n) is 17.3. The van der Waals surface area contributed by atoms with Crippen LogP contribution in [-0.2, 0) is 21.7 Å². The second-order valence-corrected chi connectivity index (χ2v) is 24.6. The normalized spacial score (nSPS) is 21.0. The number of thiophene rings is 1. The van der Waals surface area contributed by atoms with Crippen LogP contribution in [0.5, 0.6) is 0 Å². The number of nitrogens with zero attached hydrogens (tertiary/aromatic N) is 2. The third kappa shape index (κ3) is 6.94. The van der Waals surface area contributed by atoms with Crippen molar-refractivity contribution in [2.24, 2.45) is 5.92 Å². The molecule has 0 spiro atoms. The maximum absolute atomic E-state index is 2.69. The first kappa shape index (κ1) is 43.4. The van der Waals surface area contributed by atoms with E-state index in [2.05, 4.69) is 230 Å². The van der Waals surface area contributed by atoms with Crippen LogP contribution in [0.4, 0.5) is 33.4 Å². The van der Waals surface area contributed by atoms with Gasteiger partial charge >= 0.3 is 0 Å². The maximum atomic E-state index is 2.69. The number of hydrogen-bond acceptors (Lipinski definition) is 3. The molecule has 2 nitrogen and oxygen atoms in total. The standard InChI is InChI=1S/C64H65BN2S/c1-41-44-32-33-64(9,40-44)54-38-52-58(39-51(41)54)68-60-59(52)65(46-25-23-45(24-26-46)61(2,3)4)56-31-22-43(36-57(56)67(60)50-29-30-53-55(37-50)63(7,8)35-34-62(53,5)6)42-20-27-49(28-21-42)66(47-16-12-10-13-17-47)48-18-14-11-15-19-48/h10-31,36-39,41,44H,32-35,40H2,1-9H3. The van der Waals surface area contributed by atoms with Gasteiger partial charge in [-0.05, 0) is 188 Å². The van der Waals surface area contributed by atoms with E-state index >= 15 is 0 Å². The van der Waals surface area contributed by atoms with Crippen molar-refractivity contribution in [2.45, 2.75) is 122 Å². The minimum atomic E-state index is 0.0723. The van der Waals surface area contributed by atoms with Crippen LogP contribution in [0.15, 0.2) is 158 Å². The molecule has 1 aliphatic heterocycles. The van der Waals surface area contributed by atoms with Crippen molar-refractivity contribution in [2.75, 3.05) is 9.80 Å². The van der Waals surface area contributed by atoms with E-state index in [0.29, 0.717) is 5.92 Å². The first-order valence-corrected chi connectivity index (χ1v) is 26.2. The molecule has 1 fully saturated rings. The molecular weight excluding hydrogens is 840 g/mol. The molecule has 0 saturated heterocycles. The summed E-state index contributed by atoms with van der Waals surface area (Å²) in [5.41, 5.74) is 20.7. The predicted molar refractivity (Wildman–Crippen MR) is 295 cm³/mol. The molecule has 1 saturated carbocycles. The Morgan fingerprint density at radius 3 is 1.91 bits per heavy atom. The van der Waals surface area contributed by atoms with Gasteiger partial charge in [0.25, 0.3) is 0 Å². The smallest absolute Gasteiger partial charge is 0.248 e. The molecule has 4 heteroatoms. The monoisotopic (exact) mass is 904 g/mol. The van der Waals surface area contributed by atoms with Crippen LogP contribution in [0.3, 0.4) is 0 Å². The SMILES string of the molecule is CC1c2cc3sc4c(c3cc2C2(C)CCC1C2)B(c1ccc(C(C)(C)C)cc1)c1ccc(-c2ccc(N(c3ccccc3)c3ccccc3)cc2)cc1N4c1ccc2c(c1)C(C)(C)CCC2(C)C. The molecule has 1 aromatic heterocycles. The zero-order valence-electron chi connectivity index (χ0n) is 41.6. The molecule has 7 aromatic carbocycles. The van der Waals surface area contributed by atoms with E-state index in [9.17, 15) is 0 Å². The van der Waals surface area contributed by atoms with Gasteiger partial charge in [0, 0.05) is 33.1 Å². The number of anilines is 6. The van der Waals surface area contributed by atoms with E-state index < -0.39 is 0 Å². The molecule has 2 bridgehead atoms. The Morgan fingerprint density at radius 2 is 1.25 bits per heavy atom. The summed E-state index contributed by atoms with van der Waals surface area (Å²) in [6, 6.07) is 60.6. The Balaban J connectivity index is 1.08. The second-order valence-electron chi connectivity index (χ2n) is 23.6. The lowest BCUT2D eigenvalue weighted by Crippen LogP contribution is -2.56. The number of hydrogen-bond donors (Lipinski definition) is 0. The van der Waals surface area contributed by atoms with Gasteiger partial charge in [0.2, 0.25) is 6.71 Å². The largest absolute Gasteiger partial charge is 0.311 e. The van der Waals surface area contributed by atoms with Crippen molar-refractivity contribution in [3.63, 3.8) is 0 Å². The lowest BCUT2D eigenvalue weighted by atomic mass is 9.35. The van der Waals surface area contributed by atoms with Crippen molar-refractivity contribution < 1.29 is 0 Å². The van der Waals surface area contributed by atoms with Crippen molar-refractivity contribution in [1.29, 1.82) is 0 Å². The lowest BCUT2D eigenvalue weighted by molar-refractivity contribution is 0.332. The van der Waals surface area contributed by atoms with Gasteiger partial charge in [0.15, 0.2) is 0 Å². The molecule has 3 unspecified atom stereocenters. The van der Waals surface area contributed by atoms with Gasteiger partial charge < -0.3 is 9.80 Å². The summed E-state index contributed by atoms with van der Waals surface area (Å²) >= 11 is 2.03. The van der Waals surface area contributed by atoms with E-state index in [1.165, 1.54) is 103 Å². The van der Waals surface area contributed by atoms with E-state index in [0.717, 1.165) is 23.0 Å². The molecule has 2 heterocycles. The van der Waals surface area contributed by atoms with Gasteiger partial charge in [0.1, 0.15) is 0 Å². The average molecular weight is 905 g/mol. The highest BCUT2D eigenvalue weighted by Crippen LogP contribution is 2.57. The highest BCUT2D eigenvalue weighted by Gasteiger charge is 2.47. The Hall–Kier alpha value is -5.84. The Morgan fingerprint density at radius 1 is 0.618 bits per heavy atom. The number of fused-ring (bicyclic) bond motifs is 9. The molecule has 8 aromatic rings. The minimum absolute atomic E-state index is 0.0723.